The summed E-state index contributed by atoms with van der Waals surface area (Å²) in [5.41, 5.74) is 5.37. The Balaban J connectivity index is 0.000000173. The van der Waals surface area contributed by atoms with E-state index in [2.05, 4.69) is 75.5 Å². The predicted octanol–water partition coefficient (Wildman–Crippen LogP) is 12.7. The van der Waals surface area contributed by atoms with Gasteiger partial charge in [0.15, 0.2) is 19.0 Å². The van der Waals surface area contributed by atoms with Crippen LogP contribution in [0.5, 0.6) is 11.5 Å². The quantitative estimate of drug-likeness (QED) is 0.0136. The number of benzene rings is 8. The second-order valence-electron chi connectivity index (χ2n) is 35.6. The molecule has 2 saturated carbocycles. The molecule has 18 rings (SSSR count). The Labute approximate surface area is 846 Å². The third-order valence-electron chi connectivity index (χ3n) is 27.6. The van der Waals surface area contributed by atoms with Gasteiger partial charge in [0, 0.05) is 149 Å². The average Bonchev–Trinajstić information content (AvgIpc) is 1.51. The molecule has 6 fully saturated rings. The smallest absolute Gasteiger partial charge is 0.335 e. The molecular formula is C99H97Cl4F2N13O18S5. The fraction of sp³-hybridized carbons (Fsp3) is 0.364. The van der Waals surface area contributed by atoms with Crippen molar-refractivity contribution in [1.29, 1.82) is 0 Å². The van der Waals surface area contributed by atoms with Gasteiger partial charge < -0.3 is 57.5 Å². The van der Waals surface area contributed by atoms with E-state index in [4.69, 9.17) is 61.6 Å². The summed E-state index contributed by atoms with van der Waals surface area (Å²) in [6.07, 6.45) is 11.9. The molecule has 4 spiro atoms. The highest BCUT2D eigenvalue weighted by Crippen LogP contribution is 2.65. The van der Waals surface area contributed by atoms with Crippen molar-refractivity contribution in [2.75, 3.05) is 60.7 Å². The van der Waals surface area contributed by atoms with Crippen molar-refractivity contribution < 1.29 is 95.3 Å². The van der Waals surface area contributed by atoms with Crippen molar-refractivity contribution in [3.05, 3.63) is 245 Å². The number of halogens is 6. The largest absolute Gasteiger partial charge is 0.483 e. The molecule has 8 aromatic carbocycles. The molecule has 42 heteroatoms. The summed E-state index contributed by atoms with van der Waals surface area (Å²) in [5, 5.41) is 39.2. The summed E-state index contributed by atoms with van der Waals surface area (Å²) >= 11 is 34.2. The number of imide groups is 3. The second-order valence-corrected chi connectivity index (χ2v) is 42.6. The van der Waals surface area contributed by atoms with Gasteiger partial charge in [0.2, 0.25) is 41.4 Å². The first-order valence-electron chi connectivity index (χ1n) is 46.0. The van der Waals surface area contributed by atoms with Gasteiger partial charge in [-0.2, -0.15) is 0 Å². The molecule has 13 N–H and O–H groups in total. The van der Waals surface area contributed by atoms with Crippen molar-refractivity contribution >= 4 is 207 Å². The van der Waals surface area contributed by atoms with Crippen LogP contribution in [0.15, 0.2) is 158 Å². The molecule has 8 aliphatic heterocycles. The number of unbranched alkanes of at least 4 members (excludes halogenated alkanes) is 3. The number of hydrogen-bond donors (Lipinski definition) is 12. The number of aromatic carboxylic acids is 1. The van der Waals surface area contributed by atoms with Gasteiger partial charge in [0.1, 0.15) is 40.0 Å². The number of hydrogen-bond acceptors (Lipinski definition) is 22. The number of carboxylic acids is 1. The number of piperidine rings is 2. The minimum atomic E-state index is -1.38. The average molecular weight is 2100 g/mol. The molecule has 0 bridgehead atoms. The molecular weight excluding hydrogens is 2000 g/mol. The van der Waals surface area contributed by atoms with Gasteiger partial charge in [-0.3, -0.25) is 92.9 Å². The number of nitrogens with one attached hydrogen (secondary N) is 10. The van der Waals surface area contributed by atoms with Crippen molar-refractivity contribution in [2.45, 2.75) is 186 Å². The number of carboxylic acid groups (broad SMARTS) is 1. The van der Waals surface area contributed by atoms with E-state index in [1.165, 1.54) is 86.1 Å². The van der Waals surface area contributed by atoms with Gasteiger partial charge in [-0.15, -0.1) is 0 Å². The molecule has 8 atom stereocenters. The summed E-state index contributed by atoms with van der Waals surface area (Å²) in [6, 6.07) is 37.5. The number of carbonyl (C=O) groups excluding carboxylic acids is 14. The van der Waals surface area contributed by atoms with Gasteiger partial charge in [0.05, 0.1) is 56.0 Å². The Hall–Kier alpha value is -11.8. The lowest BCUT2D eigenvalue weighted by atomic mass is 9.55. The molecule has 10 aliphatic rings. The Kier molecular flexibility index (Phi) is 33.2. The zero-order valence-corrected chi connectivity index (χ0v) is 82.6. The molecule has 0 aromatic heterocycles. The number of anilines is 4. The number of ketones is 1. The van der Waals surface area contributed by atoms with Crippen LogP contribution in [-0.2, 0) is 103 Å². The predicted molar refractivity (Wildman–Crippen MR) is 535 cm³/mol. The Morgan fingerprint density at radius 3 is 1.41 bits per heavy atom. The standard InChI is InChI=1S/C50H47Cl2FN6O9.C30H26Cl2FN3O4.C19H24N4O5.S5/c51-28-16-19-32-34(25-28)56-48(67)50(32)41(31-10-7-11-33(52)42(31)53)43(58-49(50)22-4-2-5-23-49)45(64)55-29-17-14-27(15-18-29)36(60)12-3-1-6-24-54-39(62)26-68-37-13-8-9-30-40(37)47(66)59(46(30)65)35-20-21-38(61)57-44(35)63;31-17-9-12-20-22(15-17)35-28(40)30(20)23(19-5-4-6-21(32)24(19)33)25(36-29(30)13-2-1-3-14-29)26(37)34-18-10-7-16(8-11-18)27(38)39;20-8-1-2-9-21-16(25)11-28-14-5-3-4-13-17(14)19(27)23(18(13)26)12-6-7-15(24)22-10-12;1-3-5-4-2/h7-11,13-19,25,35,41,43,58H,1-6,12,20-24,26H2,(H,54,62)(H,55,64)(H,56,67)(H,57,61,63);4-12,15,23,25,36H,1-3,13-14H2,(H,34,37)(H,35,40)(H,38,39);3-5,12H,1-2,6-11,20H2,(H,21,25)(H,22,24);/t35?,41-,43+,50+;23-,25+,30+;;/m00../s1. The summed E-state index contributed by atoms with van der Waals surface area (Å²) in [6.45, 7) is 0.926. The third-order valence-corrected chi connectivity index (χ3v) is 33.1. The lowest BCUT2D eigenvalue weighted by Crippen LogP contribution is -2.60. The lowest BCUT2D eigenvalue weighted by Gasteiger charge is -2.47. The maximum Gasteiger partial charge on any atom is 0.335 e. The van der Waals surface area contributed by atoms with Crippen LogP contribution in [0.1, 0.15) is 225 Å². The summed E-state index contributed by atoms with van der Waals surface area (Å²) < 4.78 is 43.3. The Bertz CT molecular complexity index is 6500. The zero-order chi connectivity index (χ0) is 100. The van der Waals surface area contributed by atoms with Crippen molar-refractivity contribution in [2.24, 2.45) is 5.73 Å². The number of rotatable bonds is 26. The number of ether oxygens (including phenoxy) is 2. The number of fused-ring (bicyclic) bond motifs is 8. The molecule has 738 valence electrons. The SMILES string of the molecule is NCCCCNC(=O)COc1cccc2c1C(=O)N(C1CCC(=O)NC1)C2=O.O=C(COc1cccc2c1C(=O)N(C1CCC(=O)NC1=O)C2=O)NCCCCCC(=O)c1ccc(NC(=O)[C@@H]2NC3(CCCCC3)[C@@]3(C(=O)Nc4cc(Cl)ccc43)[C@H]2c2cccc(Cl)c2F)cc1.O=C(O)c1ccc(NC(=O)[C@@H]2NC3(CCCCC3)[C@@]3(C(=O)Nc4cc(Cl)ccc43)[C@H]2c2cccc(Cl)c2F)cc1.S=S=S=S=S. The van der Waals surface area contributed by atoms with Crippen molar-refractivity contribution in [1.82, 2.24) is 41.7 Å². The number of Topliss-reactive ketones (excluding diaryl/α,β-unsaturated/α-hetero) is 1. The fourth-order valence-corrected chi connectivity index (χ4v) is 24.9. The maximum atomic E-state index is 16.3. The van der Waals surface area contributed by atoms with Gasteiger partial charge in [0.25, 0.3) is 35.4 Å². The van der Waals surface area contributed by atoms with Gasteiger partial charge >= 0.3 is 5.97 Å². The van der Waals surface area contributed by atoms with E-state index in [1.807, 2.05) is 0 Å². The first kappa shape index (κ1) is 104. The van der Waals surface area contributed by atoms with Crippen LogP contribution in [0.3, 0.4) is 0 Å². The molecule has 31 nitrogen and oxygen atoms in total. The highest BCUT2D eigenvalue weighted by atomic mass is 35.5. The van der Waals surface area contributed by atoms with Crippen LogP contribution in [-0.4, -0.2) is 178 Å². The minimum absolute atomic E-state index is 0.00848. The Morgan fingerprint density at radius 1 is 0.511 bits per heavy atom. The van der Waals surface area contributed by atoms with E-state index in [-0.39, 0.29) is 135 Å². The lowest BCUT2D eigenvalue weighted by molar-refractivity contribution is -0.136. The highest BCUT2D eigenvalue weighted by Gasteiger charge is 2.74. The molecule has 2 unspecified atom stereocenters. The van der Waals surface area contributed by atoms with Crippen LogP contribution in [0.25, 0.3) is 0 Å². The molecule has 4 saturated heterocycles. The topological polar surface area (TPSA) is 448 Å². The van der Waals surface area contributed by atoms with Crippen LogP contribution < -0.4 is 68.4 Å². The monoisotopic (exact) mass is 2090 g/mol. The van der Waals surface area contributed by atoms with E-state index in [1.54, 1.807) is 103 Å². The van der Waals surface area contributed by atoms with Gasteiger partial charge in [-0.25, -0.2) is 13.6 Å². The van der Waals surface area contributed by atoms with E-state index in [9.17, 15) is 77.0 Å². The van der Waals surface area contributed by atoms with Crippen molar-refractivity contribution in [3.8, 4) is 11.5 Å². The first-order chi connectivity index (χ1) is 67.8. The number of carbonyl (C=O) groups is 15. The van der Waals surface area contributed by atoms with Crippen LogP contribution in [0.2, 0.25) is 20.1 Å². The number of nitrogens with two attached hydrogens (primary N) is 1. The second kappa shape index (κ2) is 45.2. The number of amides is 13. The van der Waals surface area contributed by atoms with Crippen LogP contribution >= 0.6 is 46.4 Å². The molecule has 0 radical (unpaired) electrons. The molecule has 8 aromatic rings. The molecule has 13 amide bonds. The van der Waals surface area contributed by atoms with E-state index in [0.717, 1.165) is 56.3 Å². The summed E-state index contributed by atoms with van der Waals surface area (Å²) in [5.74, 6) is -10.3. The van der Waals surface area contributed by atoms with Gasteiger partial charge in [-0.05, 0) is 202 Å². The summed E-state index contributed by atoms with van der Waals surface area (Å²) in [7, 11) is 3.95. The Morgan fingerprint density at radius 2 is 0.965 bits per heavy atom. The third kappa shape index (κ3) is 21.0. The van der Waals surface area contributed by atoms with Gasteiger partial charge in [-0.1, -0.05) is 140 Å². The molecule has 8 heterocycles. The van der Waals surface area contributed by atoms with Crippen LogP contribution in [0.4, 0.5) is 31.5 Å². The molecule has 2 aliphatic carbocycles. The highest BCUT2D eigenvalue weighted by molar-refractivity contribution is 8.59. The maximum absolute atomic E-state index is 16.3. The summed E-state index contributed by atoms with van der Waals surface area (Å²) in [4.78, 5) is 196. The van der Waals surface area contributed by atoms with E-state index in [0.29, 0.717) is 120 Å². The number of nitrogens with zero attached hydrogens (tertiary/aromatic N) is 2. The van der Waals surface area contributed by atoms with E-state index < -0.39 is 129 Å². The van der Waals surface area contributed by atoms with Crippen molar-refractivity contribution in [3.63, 3.8) is 0 Å². The normalized spacial score (nSPS) is 21.7. The first-order valence-corrected chi connectivity index (χ1v) is 52.8. The zero-order valence-electron chi connectivity index (χ0n) is 75.5. The van der Waals surface area contributed by atoms with Crippen LogP contribution in [0, 0.1) is 11.6 Å². The fourth-order valence-electron chi connectivity index (χ4n) is 21.4. The molecule has 141 heavy (non-hydrogen) atoms. The minimum Gasteiger partial charge on any atom is -0.483 e. The van der Waals surface area contributed by atoms with E-state index >= 15 is 8.78 Å².